The van der Waals surface area contributed by atoms with Gasteiger partial charge in [0.25, 0.3) is 0 Å². The maximum absolute atomic E-state index is 11.8. The zero-order valence-electron chi connectivity index (χ0n) is 10.4. The molecule has 17 heavy (non-hydrogen) atoms. The summed E-state index contributed by atoms with van der Waals surface area (Å²) >= 11 is 0. The molecule has 0 unspecified atom stereocenters. The van der Waals surface area contributed by atoms with Crippen LogP contribution in [0.5, 0.6) is 0 Å². The molecule has 1 aliphatic heterocycles. The number of fused-ring (bicyclic) bond motifs is 1. The summed E-state index contributed by atoms with van der Waals surface area (Å²) < 4.78 is 0. The Morgan fingerprint density at radius 3 is 2.88 bits per heavy atom. The minimum atomic E-state index is 0.245. The predicted molar refractivity (Wildman–Crippen MR) is 70.2 cm³/mol. The monoisotopic (exact) mass is 232 g/mol. The molecule has 0 saturated carbocycles. The van der Waals surface area contributed by atoms with Gasteiger partial charge in [0.1, 0.15) is 0 Å². The fraction of sp³-hybridized carbons (Fsp3) is 0.500. The molecule has 1 aromatic rings. The van der Waals surface area contributed by atoms with Gasteiger partial charge in [0.05, 0.1) is 0 Å². The van der Waals surface area contributed by atoms with Crippen LogP contribution in [-0.2, 0) is 17.6 Å². The van der Waals surface area contributed by atoms with Gasteiger partial charge in [-0.1, -0.05) is 12.1 Å². The Morgan fingerprint density at radius 1 is 1.35 bits per heavy atom. The number of nitrogens with zero attached hydrogens (tertiary/aromatic N) is 1. The van der Waals surface area contributed by atoms with Gasteiger partial charge in [-0.05, 0) is 49.9 Å². The standard InChI is InChI=1S/C14H20N2O/c1-2-16-13-7-5-11(4-3-9-15)10-12(13)6-8-14(16)17/h5,7,10H,2-4,6,8-9,15H2,1H3. The summed E-state index contributed by atoms with van der Waals surface area (Å²) in [5.74, 6) is 0.245. The number of hydrogen-bond acceptors (Lipinski definition) is 2. The van der Waals surface area contributed by atoms with Gasteiger partial charge in [-0.2, -0.15) is 0 Å². The Morgan fingerprint density at radius 2 is 2.18 bits per heavy atom. The van der Waals surface area contributed by atoms with Crippen LogP contribution in [0, 0.1) is 0 Å². The second-order valence-corrected chi connectivity index (χ2v) is 4.49. The molecule has 92 valence electrons. The number of aryl methyl sites for hydroxylation is 2. The summed E-state index contributed by atoms with van der Waals surface area (Å²) in [4.78, 5) is 13.6. The molecule has 1 aliphatic rings. The lowest BCUT2D eigenvalue weighted by atomic mass is 9.97. The molecule has 0 aliphatic carbocycles. The molecule has 1 heterocycles. The van der Waals surface area contributed by atoms with Crippen LogP contribution in [0.25, 0.3) is 0 Å². The van der Waals surface area contributed by atoms with Crippen molar-refractivity contribution in [1.82, 2.24) is 0 Å². The zero-order chi connectivity index (χ0) is 12.3. The lowest BCUT2D eigenvalue weighted by Gasteiger charge is -2.28. The van der Waals surface area contributed by atoms with Gasteiger partial charge in [0.15, 0.2) is 0 Å². The zero-order valence-corrected chi connectivity index (χ0v) is 10.4. The molecular formula is C14H20N2O. The summed E-state index contributed by atoms with van der Waals surface area (Å²) in [5, 5.41) is 0. The molecule has 0 fully saturated rings. The van der Waals surface area contributed by atoms with E-state index in [1.807, 2.05) is 11.8 Å². The minimum absolute atomic E-state index is 0.245. The van der Waals surface area contributed by atoms with Crippen molar-refractivity contribution in [1.29, 1.82) is 0 Å². The second-order valence-electron chi connectivity index (χ2n) is 4.49. The normalized spacial score (nSPS) is 14.9. The first-order valence-corrected chi connectivity index (χ1v) is 6.38. The number of amides is 1. The van der Waals surface area contributed by atoms with Gasteiger partial charge in [0, 0.05) is 18.7 Å². The van der Waals surface area contributed by atoms with Gasteiger partial charge in [0.2, 0.25) is 5.91 Å². The van der Waals surface area contributed by atoms with Crippen LogP contribution in [0.15, 0.2) is 18.2 Å². The first-order chi connectivity index (χ1) is 8.26. The molecule has 2 N–H and O–H groups in total. The van der Waals surface area contributed by atoms with E-state index >= 15 is 0 Å². The average molecular weight is 232 g/mol. The molecule has 0 atom stereocenters. The van der Waals surface area contributed by atoms with Crippen LogP contribution in [0.3, 0.4) is 0 Å². The lowest BCUT2D eigenvalue weighted by Crippen LogP contribution is -2.34. The first kappa shape index (κ1) is 12.1. The maximum Gasteiger partial charge on any atom is 0.227 e. The van der Waals surface area contributed by atoms with E-state index in [2.05, 4.69) is 18.2 Å². The molecule has 3 nitrogen and oxygen atoms in total. The van der Waals surface area contributed by atoms with Crippen molar-refractivity contribution in [2.45, 2.75) is 32.6 Å². The Bertz CT molecular complexity index is 415. The summed E-state index contributed by atoms with van der Waals surface area (Å²) in [5.41, 5.74) is 9.26. The number of anilines is 1. The fourth-order valence-electron chi connectivity index (χ4n) is 2.42. The Balaban J connectivity index is 2.24. The lowest BCUT2D eigenvalue weighted by molar-refractivity contribution is -0.118. The Hall–Kier alpha value is -1.35. The van der Waals surface area contributed by atoms with Crippen LogP contribution in [-0.4, -0.2) is 19.0 Å². The minimum Gasteiger partial charge on any atom is -0.330 e. The number of carbonyl (C=O) groups is 1. The van der Waals surface area contributed by atoms with Crippen molar-refractivity contribution in [2.75, 3.05) is 18.0 Å². The van der Waals surface area contributed by atoms with E-state index in [1.165, 1.54) is 11.1 Å². The van der Waals surface area contributed by atoms with E-state index in [1.54, 1.807) is 0 Å². The predicted octanol–water partition coefficient (Wildman–Crippen LogP) is 1.88. The number of rotatable bonds is 4. The number of carbonyl (C=O) groups excluding carboxylic acids is 1. The maximum atomic E-state index is 11.8. The summed E-state index contributed by atoms with van der Waals surface area (Å²) in [6, 6.07) is 6.44. The first-order valence-electron chi connectivity index (χ1n) is 6.38. The van der Waals surface area contributed by atoms with E-state index in [9.17, 15) is 4.79 Å². The molecule has 3 heteroatoms. The molecular weight excluding hydrogens is 212 g/mol. The largest absolute Gasteiger partial charge is 0.330 e. The van der Waals surface area contributed by atoms with E-state index in [0.29, 0.717) is 6.42 Å². The van der Waals surface area contributed by atoms with Gasteiger partial charge < -0.3 is 10.6 Å². The average Bonchev–Trinajstić information content (AvgIpc) is 2.36. The summed E-state index contributed by atoms with van der Waals surface area (Å²) in [6.45, 7) is 3.51. The number of hydrogen-bond donors (Lipinski definition) is 1. The van der Waals surface area contributed by atoms with E-state index in [4.69, 9.17) is 5.73 Å². The van der Waals surface area contributed by atoms with E-state index in [-0.39, 0.29) is 5.91 Å². The SMILES string of the molecule is CCN1C(=O)CCc2cc(CCCN)ccc21. The summed E-state index contributed by atoms with van der Waals surface area (Å²) in [7, 11) is 0. The molecule has 2 rings (SSSR count). The van der Waals surface area contributed by atoms with E-state index < -0.39 is 0 Å². The van der Waals surface area contributed by atoms with Gasteiger partial charge in [-0.25, -0.2) is 0 Å². The molecule has 0 radical (unpaired) electrons. The van der Waals surface area contributed by atoms with Crippen molar-refractivity contribution in [3.63, 3.8) is 0 Å². The van der Waals surface area contributed by atoms with Crippen molar-refractivity contribution < 1.29 is 4.79 Å². The Labute approximate surface area is 103 Å². The highest BCUT2D eigenvalue weighted by Crippen LogP contribution is 2.28. The molecule has 0 aromatic heterocycles. The molecule has 1 amide bonds. The fourth-order valence-corrected chi connectivity index (χ4v) is 2.42. The smallest absolute Gasteiger partial charge is 0.227 e. The number of benzene rings is 1. The second kappa shape index (κ2) is 5.32. The van der Waals surface area contributed by atoms with Crippen LogP contribution >= 0.6 is 0 Å². The third kappa shape index (κ3) is 2.50. The third-order valence-corrected chi connectivity index (χ3v) is 3.33. The van der Waals surface area contributed by atoms with Crippen LogP contribution < -0.4 is 10.6 Å². The van der Waals surface area contributed by atoms with E-state index in [0.717, 1.165) is 38.0 Å². The molecule has 0 bridgehead atoms. The molecule has 0 spiro atoms. The van der Waals surface area contributed by atoms with Crippen molar-refractivity contribution in [2.24, 2.45) is 5.73 Å². The van der Waals surface area contributed by atoms with Crippen LogP contribution in [0.4, 0.5) is 5.69 Å². The highest BCUT2D eigenvalue weighted by atomic mass is 16.2. The Kier molecular flexibility index (Phi) is 3.79. The van der Waals surface area contributed by atoms with Gasteiger partial charge in [-0.3, -0.25) is 4.79 Å². The summed E-state index contributed by atoms with van der Waals surface area (Å²) in [6.07, 6.45) is 3.57. The molecule has 1 aromatic carbocycles. The van der Waals surface area contributed by atoms with Crippen LogP contribution in [0.2, 0.25) is 0 Å². The quantitative estimate of drug-likeness (QED) is 0.861. The van der Waals surface area contributed by atoms with Gasteiger partial charge >= 0.3 is 0 Å². The van der Waals surface area contributed by atoms with Crippen LogP contribution in [0.1, 0.15) is 30.9 Å². The van der Waals surface area contributed by atoms with Gasteiger partial charge in [-0.15, -0.1) is 0 Å². The number of nitrogens with two attached hydrogens (primary N) is 1. The third-order valence-electron chi connectivity index (χ3n) is 3.33. The van der Waals surface area contributed by atoms with Crippen molar-refractivity contribution in [3.05, 3.63) is 29.3 Å². The van der Waals surface area contributed by atoms with Crippen molar-refractivity contribution in [3.8, 4) is 0 Å². The topological polar surface area (TPSA) is 46.3 Å². The highest BCUT2D eigenvalue weighted by molar-refractivity contribution is 5.96. The highest BCUT2D eigenvalue weighted by Gasteiger charge is 2.22. The van der Waals surface area contributed by atoms with Crippen molar-refractivity contribution >= 4 is 11.6 Å². The molecule has 0 saturated heterocycles.